The molecule has 0 radical (unpaired) electrons. The number of fused-ring (bicyclic) bond motifs is 1. The number of pyridine rings is 1. The summed E-state index contributed by atoms with van der Waals surface area (Å²) < 4.78 is 49.8. The van der Waals surface area contributed by atoms with E-state index in [4.69, 9.17) is 9.72 Å². The second-order valence-electron chi connectivity index (χ2n) is 11.3. The van der Waals surface area contributed by atoms with Gasteiger partial charge < -0.3 is 15.4 Å². The van der Waals surface area contributed by atoms with Crippen molar-refractivity contribution in [1.82, 2.24) is 20.3 Å². The molecule has 0 spiro atoms. The average Bonchev–Trinajstić information content (AvgIpc) is 3.68. The summed E-state index contributed by atoms with van der Waals surface area (Å²) in [5.41, 5.74) is 1.75. The summed E-state index contributed by atoms with van der Waals surface area (Å²) in [6.07, 6.45) is 7.15. The van der Waals surface area contributed by atoms with Gasteiger partial charge in [0.15, 0.2) is 0 Å². The fraction of sp³-hybridized carbons (Fsp3) is 0.367. The summed E-state index contributed by atoms with van der Waals surface area (Å²) >= 11 is 0. The van der Waals surface area contributed by atoms with Gasteiger partial charge in [-0.1, -0.05) is 19.1 Å². The van der Waals surface area contributed by atoms with Crippen molar-refractivity contribution in [1.29, 1.82) is 0 Å². The third-order valence-corrected chi connectivity index (χ3v) is 9.32. The molecule has 1 saturated carbocycles. The smallest absolute Gasteiger partial charge is 0.233 e. The van der Waals surface area contributed by atoms with E-state index in [1.54, 1.807) is 42.7 Å². The molecule has 2 fully saturated rings. The molecule has 0 bridgehead atoms. The highest BCUT2D eigenvalue weighted by Gasteiger charge is 2.41. The van der Waals surface area contributed by atoms with Gasteiger partial charge in [0.25, 0.3) is 0 Å². The lowest BCUT2D eigenvalue weighted by molar-refractivity contribution is 0.466. The van der Waals surface area contributed by atoms with Crippen molar-refractivity contribution in [2.75, 3.05) is 28.9 Å². The standard InChI is InChI=1S/C30H33FN6O3S/c1-19-7-8-21-22(9-10-24(31)26(21)37-41(38,39)18-30(2)12-13-30)27(19)40-28-23(6-4-15-33-28)25-11-16-34-29(36-25)35-20-5-3-14-32-17-20/h4,6-11,15-16,20,32,37H,3,5,12-14,17-18H2,1-2H3,(H,34,35,36)/t20-/m0/s1. The summed E-state index contributed by atoms with van der Waals surface area (Å²) in [5, 5.41) is 7.75. The SMILES string of the molecule is Cc1ccc2c(NS(=O)(=O)CC3(C)CC3)c(F)ccc2c1Oc1ncccc1-c1ccnc(N[C@H]2CCCNC2)n1. The van der Waals surface area contributed by atoms with Gasteiger partial charge in [-0.25, -0.2) is 27.8 Å². The van der Waals surface area contributed by atoms with Crippen LogP contribution in [0.1, 0.15) is 38.2 Å². The van der Waals surface area contributed by atoms with Crippen LogP contribution in [-0.4, -0.2) is 48.3 Å². The Hall–Kier alpha value is -3.83. The number of rotatable bonds is 9. The number of aryl methyl sites for hydroxylation is 1. The zero-order valence-corrected chi connectivity index (χ0v) is 23.9. The minimum atomic E-state index is -3.75. The van der Waals surface area contributed by atoms with E-state index in [9.17, 15) is 8.42 Å². The Morgan fingerprint density at radius 2 is 1.93 bits per heavy atom. The monoisotopic (exact) mass is 576 g/mol. The van der Waals surface area contributed by atoms with Gasteiger partial charge in [0, 0.05) is 35.8 Å². The lowest BCUT2D eigenvalue weighted by Gasteiger charge is -2.23. The molecule has 0 unspecified atom stereocenters. The summed E-state index contributed by atoms with van der Waals surface area (Å²) in [4.78, 5) is 13.6. The number of nitrogens with zero attached hydrogens (tertiary/aromatic N) is 3. The topological polar surface area (TPSA) is 118 Å². The molecule has 9 nitrogen and oxygen atoms in total. The fourth-order valence-corrected chi connectivity index (χ4v) is 7.00. The van der Waals surface area contributed by atoms with Crippen molar-refractivity contribution < 1.29 is 17.5 Å². The van der Waals surface area contributed by atoms with Gasteiger partial charge in [-0.2, -0.15) is 0 Å². The molecule has 3 N–H and O–H groups in total. The molecule has 4 aromatic rings. The first-order valence-electron chi connectivity index (χ1n) is 13.9. The molecule has 1 aliphatic carbocycles. The number of ether oxygens (including phenoxy) is 1. The predicted octanol–water partition coefficient (Wildman–Crippen LogP) is 5.64. The molecule has 3 heterocycles. The maximum atomic E-state index is 15.0. The van der Waals surface area contributed by atoms with Gasteiger partial charge >= 0.3 is 0 Å². The lowest BCUT2D eigenvalue weighted by atomic mass is 10.0. The van der Waals surface area contributed by atoms with Crippen molar-refractivity contribution >= 4 is 32.4 Å². The quantitative estimate of drug-likeness (QED) is 0.234. The summed E-state index contributed by atoms with van der Waals surface area (Å²) in [5.74, 6) is 0.609. The Bertz CT molecular complexity index is 1700. The highest BCUT2D eigenvalue weighted by atomic mass is 32.2. The molecule has 41 heavy (non-hydrogen) atoms. The van der Waals surface area contributed by atoms with E-state index in [2.05, 4.69) is 25.3 Å². The Kier molecular flexibility index (Phi) is 7.25. The molecule has 0 amide bonds. The first kappa shape index (κ1) is 27.3. The number of nitrogens with one attached hydrogen (secondary N) is 3. The molecule has 1 saturated heterocycles. The Balaban J connectivity index is 1.34. The average molecular weight is 577 g/mol. The molecular formula is C30H33FN6O3S. The molecule has 1 aliphatic heterocycles. The van der Waals surface area contributed by atoms with Crippen LogP contribution in [0.4, 0.5) is 16.0 Å². The minimum Gasteiger partial charge on any atom is -0.437 e. The predicted molar refractivity (Wildman–Crippen MR) is 158 cm³/mol. The zero-order chi connectivity index (χ0) is 28.6. The first-order chi connectivity index (χ1) is 19.7. The van der Waals surface area contributed by atoms with E-state index in [1.165, 1.54) is 6.07 Å². The first-order valence-corrected chi connectivity index (χ1v) is 15.5. The second-order valence-corrected chi connectivity index (χ2v) is 13.0. The lowest BCUT2D eigenvalue weighted by Crippen LogP contribution is -2.38. The summed E-state index contributed by atoms with van der Waals surface area (Å²) in [7, 11) is -3.75. The van der Waals surface area contributed by atoms with E-state index < -0.39 is 15.8 Å². The third kappa shape index (κ3) is 6.11. The second kappa shape index (κ2) is 10.9. The van der Waals surface area contributed by atoms with Crippen LogP contribution < -0.4 is 20.1 Å². The van der Waals surface area contributed by atoms with Crippen molar-refractivity contribution in [3.63, 3.8) is 0 Å². The Morgan fingerprint density at radius 1 is 1.10 bits per heavy atom. The number of hydrogen-bond donors (Lipinski definition) is 3. The van der Waals surface area contributed by atoms with Gasteiger partial charge in [0.2, 0.25) is 21.9 Å². The van der Waals surface area contributed by atoms with Crippen LogP contribution in [0.3, 0.4) is 0 Å². The van der Waals surface area contributed by atoms with Gasteiger partial charge in [0.1, 0.15) is 11.6 Å². The van der Waals surface area contributed by atoms with Gasteiger partial charge in [0.05, 0.1) is 22.7 Å². The third-order valence-electron chi connectivity index (χ3n) is 7.73. The molecule has 1 atom stereocenters. The Labute approximate surface area is 239 Å². The van der Waals surface area contributed by atoms with Crippen molar-refractivity contribution in [3.05, 3.63) is 66.2 Å². The number of anilines is 2. The van der Waals surface area contributed by atoms with E-state index in [0.29, 0.717) is 39.6 Å². The van der Waals surface area contributed by atoms with Crippen LogP contribution in [0.2, 0.25) is 0 Å². The maximum absolute atomic E-state index is 15.0. The normalized spacial score (nSPS) is 18.2. The van der Waals surface area contributed by atoms with Crippen LogP contribution in [0.15, 0.2) is 54.9 Å². The van der Waals surface area contributed by atoms with Crippen LogP contribution >= 0.6 is 0 Å². The van der Waals surface area contributed by atoms with Crippen LogP contribution in [0.25, 0.3) is 22.0 Å². The summed E-state index contributed by atoms with van der Waals surface area (Å²) in [6, 6.07) is 12.1. The van der Waals surface area contributed by atoms with Crippen molar-refractivity contribution in [3.8, 4) is 22.9 Å². The van der Waals surface area contributed by atoms with E-state index in [-0.39, 0.29) is 22.9 Å². The number of aromatic nitrogens is 3. The van der Waals surface area contributed by atoms with Crippen LogP contribution in [-0.2, 0) is 10.0 Å². The van der Waals surface area contributed by atoms with Crippen LogP contribution in [0, 0.1) is 18.2 Å². The fourth-order valence-electron chi connectivity index (χ4n) is 5.21. The Morgan fingerprint density at radius 3 is 2.71 bits per heavy atom. The zero-order valence-electron chi connectivity index (χ0n) is 23.1. The number of halogens is 1. The van der Waals surface area contributed by atoms with E-state index in [1.807, 2.05) is 19.9 Å². The van der Waals surface area contributed by atoms with Gasteiger partial charge in [-0.05, 0) is 80.5 Å². The summed E-state index contributed by atoms with van der Waals surface area (Å²) in [6.45, 7) is 5.68. The highest BCUT2D eigenvalue weighted by molar-refractivity contribution is 7.92. The molecule has 11 heteroatoms. The molecule has 2 aromatic heterocycles. The number of hydrogen-bond acceptors (Lipinski definition) is 8. The highest BCUT2D eigenvalue weighted by Crippen LogP contribution is 2.46. The van der Waals surface area contributed by atoms with Gasteiger partial charge in [-0.15, -0.1) is 0 Å². The molecule has 6 rings (SSSR count). The number of benzene rings is 2. The van der Waals surface area contributed by atoms with Crippen molar-refractivity contribution in [2.24, 2.45) is 5.41 Å². The molecule has 2 aliphatic rings. The molecular weight excluding hydrogens is 543 g/mol. The molecule has 2 aromatic carbocycles. The number of piperidine rings is 1. The van der Waals surface area contributed by atoms with E-state index in [0.717, 1.165) is 44.3 Å². The van der Waals surface area contributed by atoms with Crippen LogP contribution in [0.5, 0.6) is 11.6 Å². The molecule has 214 valence electrons. The maximum Gasteiger partial charge on any atom is 0.233 e. The van der Waals surface area contributed by atoms with Gasteiger partial charge in [-0.3, -0.25) is 4.72 Å². The minimum absolute atomic E-state index is 0.0463. The van der Waals surface area contributed by atoms with E-state index >= 15 is 4.39 Å². The van der Waals surface area contributed by atoms with Crippen molar-refractivity contribution in [2.45, 2.75) is 45.6 Å². The number of sulfonamides is 1. The largest absolute Gasteiger partial charge is 0.437 e.